The smallest absolute Gasteiger partial charge is 0.303 e. The van der Waals surface area contributed by atoms with Crippen molar-refractivity contribution < 1.29 is 23.8 Å². The first kappa shape index (κ1) is 27.5. The van der Waals surface area contributed by atoms with E-state index in [2.05, 4.69) is 41.1 Å². The number of hydrogen-bond donors (Lipinski definition) is 0. The number of nitrogens with zero attached hydrogens (tertiary/aromatic N) is 6. The first-order valence-corrected chi connectivity index (χ1v) is 13.8. The number of carbonyl (C=O) groups is 2. The van der Waals surface area contributed by atoms with Gasteiger partial charge in [0.15, 0.2) is 6.10 Å². The molecule has 2 unspecified atom stereocenters. The summed E-state index contributed by atoms with van der Waals surface area (Å²) in [5, 5.41) is 11.2. The maximum Gasteiger partial charge on any atom is 0.303 e. The monoisotopic (exact) mass is 626 g/mol. The van der Waals surface area contributed by atoms with Crippen molar-refractivity contribution in [3.05, 3.63) is 44.9 Å². The third kappa shape index (κ3) is 6.47. The Bertz CT molecular complexity index is 1350. The van der Waals surface area contributed by atoms with Crippen molar-refractivity contribution in [3.8, 4) is 10.7 Å². The van der Waals surface area contributed by atoms with Gasteiger partial charge in [-0.1, -0.05) is 30.3 Å². The number of pyridine rings is 1. The summed E-state index contributed by atoms with van der Waals surface area (Å²) in [5.41, 5.74) is -0.284. The van der Waals surface area contributed by atoms with E-state index in [4.69, 9.17) is 32.4 Å². The number of halogens is 2. The number of thiazole rings is 1. The quantitative estimate of drug-likeness (QED) is 0.263. The molecule has 4 heterocycles. The molecule has 0 bridgehead atoms. The van der Waals surface area contributed by atoms with Crippen LogP contribution < -0.4 is 0 Å². The zero-order valence-corrected chi connectivity index (χ0v) is 23.7. The Kier molecular flexibility index (Phi) is 8.81. The highest BCUT2D eigenvalue weighted by Crippen LogP contribution is 2.44. The summed E-state index contributed by atoms with van der Waals surface area (Å²) in [7, 11) is 0. The van der Waals surface area contributed by atoms with E-state index in [9.17, 15) is 9.59 Å². The van der Waals surface area contributed by atoms with Crippen LogP contribution in [0.15, 0.2) is 33.2 Å². The Morgan fingerprint density at radius 2 is 2.16 bits per heavy atom. The summed E-state index contributed by atoms with van der Waals surface area (Å²) in [6.07, 6.45) is 1.82. The Hall–Kier alpha value is -2.57. The molecule has 15 heteroatoms. The van der Waals surface area contributed by atoms with Crippen molar-refractivity contribution in [2.45, 2.75) is 49.4 Å². The highest BCUT2D eigenvalue weighted by atomic mass is 79.9. The van der Waals surface area contributed by atoms with Gasteiger partial charge in [-0.3, -0.25) is 9.59 Å². The molecule has 1 fully saturated rings. The van der Waals surface area contributed by atoms with Crippen molar-refractivity contribution in [2.75, 3.05) is 6.61 Å². The largest absolute Gasteiger partial charge is 0.463 e. The van der Waals surface area contributed by atoms with Gasteiger partial charge in [0.25, 0.3) is 5.82 Å². The van der Waals surface area contributed by atoms with Crippen molar-refractivity contribution >= 4 is 68.4 Å². The maximum absolute atomic E-state index is 12.2. The van der Waals surface area contributed by atoms with Gasteiger partial charge in [0.05, 0.1) is 22.8 Å². The minimum absolute atomic E-state index is 0.0209. The Balaban J connectivity index is 1.75. The van der Waals surface area contributed by atoms with Gasteiger partial charge in [-0.25, -0.2) is 9.67 Å². The van der Waals surface area contributed by atoms with E-state index in [0.717, 1.165) is 0 Å². The van der Waals surface area contributed by atoms with Crippen molar-refractivity contribution in [3.63, 3.8) is 0 Å². The molecule has 1 aliphatic rings. The van der Waals surface area contributed by atoms with E-state index in [0.29, 0.717) is 25.2 Å². The number of aromatic nitrogens is 5. The summed E-state index contributed by atoms with van der Waals surface area (Å²) in [5.74, 6) is -1.11. The van der Waals surface area contributed by atoms with Crippen LogP contribution in [0.2, 0.25) is 5.15 Å². The van der Waals surface area contributed by atoms with Crippen LogP contribution in [0.1, 0.15) is 26.8 Å². The number of thioether (sulfide) groups is 1. The second-order valence-corrected chi connectivity index (χ2v) is 11.3. The van der Waals surface area contributed by atoms with Crippen LogP contribution in [0.5, 0.6) is 0 Å². The molecule has 3 aromatic rings. The van der Waals surface area contributed by atoms with Gasteiger partial charge in [-0.2, -0.15) is 0 Å². The van der Waals surface area contributed by atoms with Crippen LogP contribution >= 0.6 is 50.6 Å². The average Bonchev–Trinajstić information content (AvgIpc) is 3.49. The van der Waals surface area contributed by atoms with Crippen LogP contribution in [-0.2, 0) is 23.8 Å². The van der Waals surface area contributed by atoms with Crippen molar-refractivity contribution in [1.29, 1.82) is 0 Å². The molecular formula is C22H20BrClN6O5S2. The van der Waals surface area contributed by atoms with Crippen LogP contribution in [0.25, 0.3) is 15.5 Å². The maximum atomic E-state index is 12.2. The summed E-state index contributed by atoms with van der Waals surface area (Å²) in [4.78, 5) is 36.2. The lowest BCUT2D eigenvalue weighted by atomic mass is 9.89. The highest BCUT2D eigenvalue weighted by molar-refractivity contribution is 9.10. The topological polar surface area (TPSA) is 123 Å². The number of carbonyl (C=O) groups excluding carboxylic acids is 2. The van der Waals surface area contributed by atoms with Crippen molar-refractivity contribution in [2.24, 2.45) is 5.92 Å². The molecule has 0 radical (unpaired) electrons. The fourth-order valence-corrected chi connectivity index (χ4v) is 6.43. The Labute approximate surface area is 233 Å². The van der Waals surface area contributed by atoms with Crippen LogP contribution in [-0.4, -0.2) is 61.2 Å². The number of ether oxygens (including phenoxy) is 3. The average molecular weight is 628 g/mol. The van der Waals surface area contributed by atoms with E-state index in [1.807, 2.05) is 6.92 Å². The van der Waals surface area contributed by atoms with E-state index >= 15 is 0 Å². The molecule has 3 aromatic heterocycles. The van der Waals surface area contributed by atoms with Crippen LogP contribution in [0, 0.1) is 12.5 Å². The second kappa shape index (κ2) is 11.9. The number of rotatable bonds is 7. The highest BCUT2D eigenvalue weighted by Gasteiger charge is 2.48. The van der Waals surface area contributed by atoms with Gasteiger partial charge >= 0.3 is 11.9 Å². The lowest BCUT2D eigenvalue weighted by Crippen LogP contribution is -2.52. The van der Waals surface area contributed by atoms with Gasteiger partial charge in [0, 0.05) is 30.0 Å². The molecule has 0 aliphatic carbocycles. The van der Waals surface area contributed by atoms with E-state index in [1.54, 1.807) is 22.3 Å². The first-order valence-electron chi connectivity index (χ1n) is 10.8. The van der Waals surface area contributed by atoms with Gasteiger partial charge < -0.3 is 19.1 Å². The lowest BCUT2D eigenvalue weighted by Gasteiger charge is -2.44. The predicted molar refractivity (Wildman–Crippen MR) is 139 cm³/mol. The van der Waals surface area contributed by atoms with E-state index < -0.39 is 35.6 Å². The SMILES string of the molecule is [C-]#[N+]c1ncc(Br)cc1S[C@H]1OC(COC(C)=O)[C@H](C)C(n2cc(-c3nc(Cl)cs3)nn2)[C@@H]1OC(C)=O. The summed E-state index contributed by atoms with van der Waals surface area (Å²) in [6, 6.07) is 1.19. The van der Waals surface area contributed by atoms with Gasteiger partial charge in [0.2, 0.25) is 0 Å². The van der Waals surface area contributed by atoms with Gasteiger partial charge in [-0.15, -0.1) is 33.2 Å². The summed E-state index contributed by atoms with van der Waals surface area (Å²) in [6.45, 7) is 12.0. The number of hydrogen-bond acceptors (Lipinski definition) is 11. The third-order valence-electron chi connectivity index (χ3n) is 5.45. The first-order chi connectivity index (χ1) is 17.7. The minimum atomic E-state index is -0.835. The molecule has 0 aromatic carbocycles. The van der Waals surface area contributed by atoms with Crippen molar-refractivity contribution in [1.82, 2.24) is 25.0 Å². The molecule has 1 aliphatic heterocycles. The number of esters is 2. The van der Waals surface area contributed by atoms with Gasteiger partial charge in [0.1, 0.15) is 34.1 Å². The fraction of sp³-hybridized carbons (Fsp3) is 0.409. The third-order valence-corrected chi connectivity index (χ3v) is 8.24. The lowest BCUT2D eigenvalue weighted by molar-refractivity contribution is -0.185. The fourth-order valence-electron chi connectivity index (χ4n) is 3.85. The Morgan fingerprint density at radius 3 is 2.81 bits per heavy atom. The summed E-state index contributed by atoms with van der Waals surface area (Å²) >= 11 is 11.9. The predicted octanol–water partition coefficient (Wildman–Crippen LogP) is 4.95. The molecule has 5 atom stereocenters. The molecule has 0 spiro atoms. The van der Waals surface area contributed by atoms with Crippen LogP contribution in [0.4, 0.5) is 5.82 Å². The zero-order chi connectivity index (χ0) is 26.7. The molecule has 0 N–H and O–H groups in total. The zero-order valence-electron chi connectivity index (χ0n) is 19.7. The molecule has 11 nitrogen and oxygen atoms in total. The molecule has 1 saturated heterocycles. The molecule has 37 heavy (non-hydrogen) atoms. The molecule has 0 saturated carbocycles. The van der Waals surface area contributed by atoms with E-state index in [1.165, 1.54) is 43.1 Å². The molecule has 194 valence electrons. The second-order valence-electron chi connectivity index (χ2n) is 8.03. The van der Waals surface area contributed by atoms with E-state index in [-0.39, 0.29) is 18.3 Å². The normalized spacial score (nSPS) is 23.3. The molecule has 4 rings (SSSR count). The minimum Gasteiger partial charge on any atom is -0.463 e. The van der Waals surface area contributed by atoms with Crippen LogP contribution in [0.3, 0.4) is 0 Å². The molecular weight excluding hydrogens is 608 g/mol. The van der Waals surface area contributed by atoms with Gasteiger partial charge in [-0.05, 0) is 22.0 Å². The summed E-state index contributed by atoms with van der Waals surface area (Å²) < 4.78 is 19.7. The Morgan fingerprint density at radius 1 is 1.38 bits per heavy atom. The standard InChI is InChI=1S/C22H20BrClN6O5S2/c1-10-15(8-33-11(2)31)35-22(37-16-5-13(23)6-26-20(16)25-4)19(34-12(3)32)18(10)30-7-14(28-29-30)21-27-17(24)9-36-21/h5-7,9-10,15,18-19,22H,8H2,1-3H3/t10-,15?,18?,19-,22+/m0/s1. The molecule has 0 amide bonds.